The van der Waals surface area contributed by atoms with Crippen LogP contribution in [0.3, 0.4) is 0 Å². The van der Waals surface area contributed by atoms with Crippen LogP contribution in [0, 0.1) is 6.92 Å². The van der Waals surface area contributed by atoms with Gasteiger partial charge in [0.2, 0.25) is 0 Å². The van der Waals surface area contributed by atoms with E-state index in [1.807, 2.05) is 6.92 Å². The first-order valence-corrected chi connectivity index (χ1v) is 5.51. The number of anilines is 1. The van der Waals surface area contributed by atoms with Crippen LogP contribution in [-0.4, -0.2) is 4.98 Å². The maximum absolute atomic E-state index is 12.3. The van der Waals surface area contributed by atoms with Crippen LogP contribution >= 0.6 is 11.3 Å². The second-order valence-corrected chi connectivity index (χ2v) is 4.60. The Balaban J connectivity index is 2.38. The van der Waals surface area contributed by atoms with E-state index < -0.39 is 6.43 Å². The number of nitrogens with two attached hydrogens (primary N) is 1. The van der Waals surface area contributed by atoms with Crippen LogP contribution in [0.4, 0.5) is 13.8 Å². The normalized spacial score (nSPS) is 11.0. The van der Waals surface area contributed by atoms with Gasteiger partial charge in [-0.05, 0) is 6.92 Å². The summed E-state index contributed by atoms with van der Waals surface area (Å²) in [6.45, 7) is 1.86. The highest BCUT2D eigenvalue weighted by Gasteiger charge is 2.10. The average molecular weight is 240 g/mol. The maximum Gasteiger partial charge on any atom is 0.263 e. The van der Waals surface area contributed by atoms with E-state index in [1.54, 1.807) is 12.1 Å². The summed E-state index contributed by atoms with van der Waals surface area (Å²) in [4.78, 5) is 4.26. The van der Waals surface area contributed by atoms with Crippen LogP contribution in [0.2, 0.25) is 0 Å². The van der Waals surface area contributed by atoms with Crippen molar-refractivity contribution in [2.45, 2.75) is 13.3 Å². The van der Waals surface area contributed by atoms with Gasteiger partial charge in [0.15, 0.2) is 0 Å². The zero-order valence-electron chi connectivity index (χ0n) is 8.58. The number of thiazole rings is 1. The smallest absolute Gasteiger partial charge is 0.263 e. The molecule has 0 bridgehead atoms. The molecular formula is C11H10F2N2S. The van der Waals surface area contributed by atoms with Gasteiger partial charge in [-0.1, -0.05) is 24.3 Å². The molecule has 0 aliphatic heterocycles. The largest absolute Gasteiger partial charge is 0.389 e. The minimum absolute atomic E-state index is 0.00859. The van der Waals surface area contributed by atoms with Crippen LogP contribution in [0.15, 0.2) is 24.3 Å². The fourth-order valence-electron chi connectivity index (χ4n) is 1.44. The van der Waals surface area contributed by atoms with Crippen LogP contribution in [-0.2, 0) is 0 Å². The molecule has 0 fully saturated rings. The molecule has 16 heavy (non-hydrogen) atoms. The lowest BCUT2D eigenvalue weighted by Crippen LogP contribution is -1.88. The monoisotopic (exact) mass is 240 g/mol. The van der Waals surface area contributed by atoms with Crippen molar-refractivity contribution in [2.75, 3.05) is 5.73 Å². The first-order chi connectivity index (χ1) is 7.58. The molecule has 0 amide bonds. The van der Waals surface area contributed by atoms with Crippen molar-refractivity contribution in [1.29, 1.82) is 0 Å². The van der Waals surface area contributed by atoms with E-state index in [4.69, 9.17) is 5.73 Å². The molecular weight excluding hydrogens is 230 g/mol. The molecule has 2 rings (SSSR count). The number of nitrogen functional groups attached to an aromatic ring is 1. The third-order valence-electron chi connectivity index (χ3n) is 2.20. The third kappa shape index (κ3) is 2.04. The summed E-state index contributed by atoms with van der Waals surface area (Å²) in [6, 6.07) is 6.03. The van der Waals surface area contributed by atoms with E-state index in [9.17, 15) is 8.78 Å². The molecule has 5 heteroatoms. The number of alkyl halides is 2. The molecule has 2 aromatic rings. The third-order valence-corrected chi connectivity index (χ3v) is 3.00. The lowest BCUT2D eigenvalue weighted by atomic mass is 10.1. The Morgan fingerprint density at radius 1 is 1.25 bits per heavy atom. The summed E-state index contributed by atoms with van der Waals surface area (Å²) in [6.07, 6.45) is -2.44. The fourth-order valence-corrected chi connectivity index (χ4v) is 2.15. The summed E-state index contributed by atoms with van der Waals surface area (Å²) in [5.74, 6) is 0. The molecule has 0 spiro atoms. The van der Waals surface area contributed by atoms with Gasteiger partial charge in [0.1, 0.15) is 10.7 Å². The first-order valence-electron chi connectivity index (χ1n) is 4.69. The minimum Gasteiger partial charge on any atom is -0.389 e. The van der Waals surface area contributed by atoms with Gasteiger partial charge in [-0.3, -0.25) is 0 Å². The quantitative estimate of drug-likeness (QED) is 0.870. The SMILES string of the molecule is Cc1nc(-c2ccc(C(F)F)cc2)c(N)s1. The van der Waals surface area contributed by atoms with Crippen molar-refractivity contribution < 1.29 is 8.78 Å². The Hall–Kier alpha value is -1.49. The number of aromatic nitrogens is 1. The number of halogens is 2. The Bertz CT molecular complexity index is 491. The molecule has 0 unspecified atom stereocenters. The van der Waals surface area contributed by atoms with Crippen LogP contribution in [0.25, 0.3) is 11.3 Å². The van der Waals surface area contributed by atoms with Crippen molar-refractivity contribution in [1.82, 2.24) is 4.98 Å². The van der Waals surface area contributed by atoms with Gasteiger partial charge in [-0.2, -0.15) is 0 Å². The minimum atomic E-state index is -2.44. The Labute approximate surface area is 95.7 Å². The molecule has 0 saturated heterocycles. The van der Waals surface area contributed by atoms with Gasteiger partial charge in [0.05, 0.1) is 5.01 Å². The Kier molecular flexibility index (Phi) is 2.87. The summed E-state index contributed by atoms with van der Waals surface area (Å²) in [5.41, 5.74) is 7.23. The van der Waals surface area contributed by atoms with Crippen LogP contribution < -0.4 is 5.73 Å². The van der Waals surface area contributed by atoms with E-state index in [0.29, 0.717) is 10.7 Å². The van der Waals surface area contributed by atoms with Crippen molar-refractivity contribution in [3.8, 4) is 11.3 Å². The molecule has 0 atom stereocenters. The van der Waals surface area contributed by atoms with Crippen LogP contribution in [0.1, 0.15) is 17.0 Å². The zero-order chi connectivity index (χ0) is 11.7. The lowest BCUT2D eigenvalue weighted by Gasteiger charge is -2.01. The molecule has 1 aromatic carbocycles. The van der Waals surface area contributed by atoms with E-state index in [2.05, 4.69) is 4.98 Å². The molecule has 1 heterocycles. The fraction of sp³-hybridized carbons (Fsp3) is 0.182. The van der Waals surface area contributed by atoms with Crippen molar-refractivity contribution >= 4 is 16.3 Å². The molecule has 2 nitrogen and oxygen atoms in total. The molecule has 84 valence electrons. The first kappa shape index (κ1) is 11.0. The second kappa shape index (κ2) is 4.17. The molecule has 2 N–H and O–H groups in total. The van der Waals surface area contributed by atoms with E-state index >= 15 is 0 Å². The summed E-state index contributed by atoms with van der Waals surface area (Å²) in [7, 11) is 0. The Morgan fingerprint density at radius 2 is 1.88 bits per heavy atom. The number of nitrogens with zero attached hydrogens (tertiary/aromatic N) is 1. The highest BCUT2D eigenvalue weighted by atomic mass is 32.1. The summed E-state index contributed by atoms with van der Waals surface area (Å²) >= 11 is 1.39. The van der Waals surface area contributed by atoms with Gasteiger partial charge < -0.3 is 5.73 Å². The van der Waals surface area contributed by atoms with Crippen molar-refractivity contribution in [3.63, 3.8) is 0 Å². The number of hydrogen-bond donors (Lipinski definition) is 1. The summed E-state index contributed by atoms with van der Waals surface area (Å²) in [5, 5.41) is 1.48. The molecule has 0 saturated carbocycles. The van der Waals surface area contributed by atoms with Gasteiger partial charge in [-0.15, -0.1) is 11.3 Å². The predicted molar refractivity (Wildman–Crippen MR) is 61.7 cm³/mol. The standard InChI is InChI=1S/C11H10F2N2S/c1-6-15-9(11(14)16-6)7-2-4-8(5-3-7)10(12)13/h2-5,10H,14H2,1H3. The van der Waals surface area contributed by atoms with Crippen molar-refractivity contribution in [3.05, 3.63) is 34.8 Å². The Morgan fingerprint density at radius 3 is 2.31 bits per heavy atom. The highest BCUT2D eigenvalue weighted by molar-refractivity contribution is 7.16. The predicted octanol–water partition coefficient (Wildman–Crippen LogP) is 3.64. The van der Waals surface area contributed by atoms with E-state index in [0.717, 1.165) is 10.6 Å². The number of rotatable bonds is 2. The van der Waals surface area contributed by atoms with Crippen molar-refractivity contribution in [2.24, 2.45) is 0 Å². The lowest BCUT2D eigenvalue weighted by molar-refractivity contribution is 0.151. The summed E-state index contributed by atoms with van der Waals surface area (Å²) < 4.78 is 24.7. The number of benzene rings is 1. The van der Waals surface area contributed by atoms with Crippen LogP contribution in [0.5, 0.6) is 0 Å². The van der Waals surface area contributed by atoms with Gasteiger partial charge >= 0.3 is 0 Å². The average Bonchev–Trinajstić information content (AvgIpc) is 2.58. The maximum atomic E-state index is 12.3. The van der Waals surface area contributed by atoms with Gasteiger partial charge in [0, 0.05) is 11.1 Å². The number of hydrogen-bond acceptors (Lipinski definition) is 3. The highest BCUT2D eigenvalue weighted by Crippen LogP contribution is 2.31. The second-order valence-electron chi connectivity index (χ2n) is 3.37. The number of aryl methyl sites for hydroxylation is 1. The van der Waals surface area contributed by atoms with E-state index in [-0.39, 0.29) is 5.56 Å². The van der Waals surface area contributed by atoms with Gasteiger partial charge in [-0.25, -0.2) is 13.8 Å². The molecule has 0 aliphatic rings. The topological polar surface area (TPSA) is 38.9 Å². The molecule has 0 radical (unpaired) electrons. The molecule has 0 aliphatic carbocycles. The zero-order valence-corrected chi connectivity index (χ0v) is 9.39. The molecule has 1 aromatic heterocycles. The van der Waals surface area contributed by atoms with E-state index in [1.165, 1.54) is 23.5 Å². The van der Waals surface area contributed by atoms with Gasteiger partial charge in [0.25, 0.3) is 6.43 Å².